The van der Waals surface area contributed by atoms with Crippen LogP contribution in [0.3, 0.4) is 0 Å². The molecular formula is C15H23ClN4O3. The van der Waals surface area contributed by atoms with Crippen LogP contribution in [0.15, 0.2) is 24.3 Å². The quantitative estimate of drug-likeness (QED) is 0.628. The SMILES string of the molecule is CNCC1CCCN1C(=O)CN(C)c1ccccc1[N+](=O)[O-].Cl. The Morgan fingerprint density at radius 1 is 1.48 bits per heavy atom. The lowest BCUT2D eigenvalue weighted by Gasteiger charge is -2.27. The number of rotatable bonds is 6. The molecule has 8 heteroatoms. The lowest BCUT2D eigenvalue weighted by molar-refractivity contribution is -0.384. The first kappa shape index (κ1) is 19.2. The fourth-order valence-corrected chi connectivity index (χ4v) is 2.93. The summed E-state index contributed by atoms with van der Waals surface area (Å²) < 4.78 is 0. The number of amides is 1. The van der Waals surface area contributed by atoms with E-state index in [1.807, 2.05) is 11.9 Å². The number of nitrogens with zero attached hydrogens (tertiary/aromatic N) is 3. The van der Waals surface area contributed by atoms with Crippen molar-refractivity contribution in [2.75, 3.05) is 38.6 Å². The van der Waals surface area contributed by atoms with E-state index in [1.165, 1.54) is 6.07 Å². The number of para-hydroxylation sites is 2. The first-order chi connectivity index (χ1) is 10.5. The predicted molar refractivity (Wildman–Crippen MR) is 92.3 cm³/mol. The second kappa shape index (κ2) is 8.69. The molecule has 1 aliphatic heterocycles. The molecule has 23 heavy (non-hydrogen) atoms. The molecule has 1 aromatic carbocycles. The summed E-state index contributed by atoms with van der Waals surface area (Å²) in [7, 11) is 3.59. The molecule has 1 aliphatic rings. The predicted octanol–water partition coefficient (Wildman–Crippen LogP) is 1.66. The van der Waals surface area contributed by atoms with Crippen molar-refractivity contribution < 1.29 is 9.72 Å². The van der Waals surface area contributed by atoms with Gasteiger partial charge >= 0.3 is 0 Å². The van der Waals surface area contributed by atoms with Gasteiger partial charge in [-0.1, -0.05) is 12.1 Å². The number of carbonyl (C=O) groups is 1. The van der Waals surface area contributed by atoms with E-state index in [9.17, 15) is 14.9 Å². The smallest absolute Gasteiger partial charge is 0.292 e. The summed E-state index contributed by atoms with van der Waals surface area (Å²) in [5.41, 5.74) is 0.483. The molecule has 0 spiro atoms. The highest BCUT2D eigenvalue weighted by Gasteiger charge is 2.29. The summed E-state index contributed by atoms with van der Waals surface area (Å²) in [6.07, 6.45) is 2.01. The molecular weight excluding hydrogens is 320 g/mol. The van der Waals surface area contributed by atoms with E-state index in [4.69, 9.17) is 0 Å². The number of nitro groups is 1. The number of hydrogen-bond acceptors (Lipinski definition) is 5. The summed E-state index contributed by atoms with van der Waals surface area (Å²) in [5.74, 6) is 0.0124. The molecule has 0 bridgehead atoms. The second-order valence-corrected chi connectivity index (χ2v) is 5.54. The molecule has 0 saturated carbocycles. The van der Waals surface area contributed by atoms with Crippen LogP contribution in [0.2, 0.25) is 0 Å². The number of benzene rings is 1. The fraction of sp³-hybridized carbons (Fsp3) is 0.533. The van der Waals surface area contributed by atoms with Gasteiger partial charge in [0.2, 0.25) is 5.91 Å². The van der Waals surface area contributed by atoms with E-state index < -0.39 is 4.92 Å². The fourth-order valence-electron chi connectivity index (χ4n) is 2.93. The molecule has 0 aliphatic carbocycles. The van der Waals surface area contributed by atoms with Crippen LogP contribution in [0, 0.1) is 10.1 Å². The van der Waals surface area contributed by atoms with Gasteiger partial charge in [0.25, 0.3) is 5.69 Å². The zero-order chi connectivity index (χ0) is 16.1. The minimum Gasteiger partial charge on any atom is -0.360 e. The van der Waals surface area contributed by atoms with E-state index in [0.29, 0.717) is 5.69 Å². The first-order valence-corrected chi connectivity index (χ1v) is 7.43. The van der Waals surface area contributed by atoms with E-state index in [0.717, 1.165) is 25.9 Å². The molecule has 0 aromatic heterocycles. The van der Waals surface area contributed by atoms with Crippen molar-refractivity contribution >= 4 is 29.7 Å². The van der Waals surface area contributed by atoms with Gasteiger partial charge in [-0.15, -0.1) is 12.4 Å². The van der Waals surface area contributed by atoms with Crippen LogP contribution in [-0.2, 0) is 4.79 Å². The molecule has 1 atom stereocenters. The third kappa shape index (κ3) is 4.56. The lowest BCUT2D eigenvalue weighted by Crippen LogP contribution is -2.45. The Kier molecular flexibility index (Phi) is 7.25. The number of carbonyl (C=O) groups excluding carboxylic acids is 1. The summed E-state index contributed by atoms with van der Waals surface area (Å²) in [5, 5.41) is 14.2. The van der Waals surface area contributed by atoms with Gasteiger partial charge in [-0.2, -0.15) is 0 Å². The van der Waals surface area contributed by atoms with Crippen molar-refractivity contribution in [3.8, 4) is 0 Å². The highest BCUT2D eigenvalue weighted by Crippen LogP contribution is 2.27. The number of halogens is 1. The third-order valence-electron chi connectivity index (χ3n) is 4.00. The molecule has 0 radical (unpaired) electrons. The summed E-state index contributed by atoms with van der Waals surface area (Å²) in [4.78, 5) is 26.7. The Hall–Kier alpha value is -1.86. The monoisotopic (exact) mass is 342 g/mol. The van der Waals surface area contributed by atoms with Crippen molar-refractivity contribution in [3.63, 3.8) is 0 Å². The van der Waals surface area contributed by atoms with E-state index in [1.54, 1.807) is 30.1 Å². The zero-order valence-corrected chi connectivity index (χ0v) is 14.2. The Morgan fingerprint density at radius 3 is 2.83 bits per heavy atom. The van der Waals surface area contributed by atoms with Gasteiger partial charge in [0.05, 0.1) is 11.5 Å². The van der Waals surface area contributed by atoms with Crippen LogP contribution in [0.1, 0.15) is 12.8 Å². The standard InChI is InChI=1S/C15H22N4O3.ClH/c1-16-10-12-6-5-9-18(12)15(20)11-17(2)13-7-3-4-8-14(13)19(21)22;/h3-4,7-8,12,16H,5-6,9-11H2,1-2H3;1H. The molecule has 1 unspecified atom stereocenters. The van der Waals surface area contributed by atoms with Gasteiger partial charge in [-0.05, 0) is 26.0 Å². The molecule has 128 valence electrons. The number of likely N-dealkylation sites (N-methyl/N-ethyl adjacent to an activating group) is 2. The largest absolute Gasteiger partial charge is 0.360 e. The van der Waals surface area contributed by atoms with Crippen molar-refractivity contribution in [1.82, 2.24) is 10.2 Å². The topological polar surface area (TPSA) is 78.7 Å². The molecule has 1 saturated heterocycles. The summed E-state index contributed by atoms with van der Waals surface area (Å²) in [6.45, 7) is 1.68. The maximum atomic E-state index is 12.5. The van der Waals surface area contributed by atoms with E-state index in [-0.39, 0.29) is 36.6 Å². The van der Waals surface area contributed by atoms with Crippen LogP contribution in [0.25, 0.3) is 0 Å². The maximum Gasteiger partial charge on any atom is 0.292 e. The highest BCUT2D eigenvalue weighted by molar-refractivity contribution is 5.85. The van der Waals surface area contributed by atoms with E-state index >= 15 is 0 Å². The van der Waals surface area contributed by atoms with Crippen molar-refractivity contribution in [2.45, 2.75) is 18.9 Å². The van der Waals surface area contributed by atoms with Crippen molar-refractivity contribution in [3.05, 3.63) is 34.4 Å². The second-order valence-electron chi connectivity index (χ2n) is 5.54. The van der Waals surface area contributed by atoms with Gasteiger partial charge in [-0.25, -0.2) is 0 Å². The van der Waals surface area contributed by atoms with Crippen LogP contribution in [0.4, 0.5) is 11.4 Å². The van der Waals surface area contributed by atoms with E-state index in [2.05, 4.69) is 5.32 Å². The average molecular weight is 343 g/mol. The number of hydrogen-bond donors (Lipinski definition) is 1. The minimum absolute atomic E-state index is 0. The average Bonchev–Trinajstić information content (AvgIpc) is 2.96. The normalized spacial score (nSPS) is 16.8. The third-order valence-corrected chi connectivity index (χ3v) is 4.00. The van der Waals surface area contributed by atoms with Gasteiger partial charge < -0.3 is 15.1 Å². The summed E-state index contributed by atoms with van der Waals surface area (Å²) >= 11 is 0. The number of likely N-dealkylation sites (tertiary alicyclic amines) is 1. The Balaban J connectivity index is 0.00000264. The van der Waals surface area contributed by atoms with Gasteiger partial charge in [-0.3, -0.25) is 14.9 Å². The summed E-state index contributed by atoms with van der Waals surface area (Å²) in [6, 6.07) is 6.71. The van der Waals surface area contributed by atoms with Crippen LogP contribution in [0.5, 0.6) is 0 Å². The molecule has 1 amide bonds. The van der Waals surface area contributed by atoms with Crippen LogP contribution < -0.4 is 10.2 Å². The van der Waals surface area contributed by atoms with Crippen LogP contribution in [-0.4, -0.2) is 55.5 Å². The Morgan fingerprint density at radius 2 is 2.17 bits per heavy atom. The molecule has 1 N–H and O–H groups in total. The molecule has 1 fully saturated rings. The minimum atomic E-state index is -0.421. The van der Waals surface area contributed by atoms with Crippen molar-refractivity contribution in [2.24, 2.45) is 0 Å². The van der Waals surface area contributed by atoms with Gasteiger partial charge in [0, 0.05) is 32.2 Å². The first-order valence-electron chi connectivity index (χ1n) is 7.43. The number of nitrogens with one attached hydrogen (secondary N) is 1. The van der Waals surface area contributed by atoms with Gasteiger partial charge in [0.15, 0.2) is 0 Å². The lowest BCUT2D eigenvalue weighted by atomic mass is 10.2. The molecule has 2 rings (SSSR count). The number of nitro benzene ring substituents is 1. The Labute approximate surface area is 142 Å². The Bertz CT molecular complexity index is 555. The van der Waals surface area contributed by atoms with Gasteiger partial charge in [0.1, 0.15) is 5.69 Å². The van der Waals surface area contributed by atoms with Crippen molar-refractivity contribution in [1.29, 1.82) is 0 Å². The molecule has 1 aromatic rings. The zero-order valence-electron chi connectivity index (χ0n) is 13.4. The highest BCUT2D eigenvalue weighted by atomic mass is 35.5. The number of anilines is 1. The molecule has 7 nitrogen and oxygen atoms in total. The maximum absolute atomic E-state index is 12.5. The molecule has 1 heterocycles. The van der Waals surface area contributed by atoms with Crippen LogP contribution >= 0.6 is 12.4 Å².